The molecule has 3 rings (SSSR count). The number of aryl methyl sites for hydroxylation is 1. The molecule has 0 bridgehead atoms. The molecule has 0 atom stereocenters. The number of nitrogens with one attached hydrogen (secondary N) is 1. The van der Waals surface area contributed by atoms with Crippen LogP contribution in [0.3, 0.4) is 0 Å². The van der Waals surface area contributed by atoms with E-state index in [0.29, 0.717) is 22.8 Å². The normalized spacial score (nSPS) is 13.4. The number of hydrogen-bond donors (Lipinski definition) is 1. The van der Waals surface area contributed by atoms with Gasteiger partial charge < -0.3 is 10.2 Å². The predicted molar refractivity (Wildman–Crippen MR) is 78.3 cm³/mol. The van der Waals surface area contributed by atoms with Crippen LogP contribution in [-0.2, 0) is 4.79 Å². The maximum absolute atomic E-state index is 11.9. The van der Waals surface area contributed by atoms with Gasteiger partial charge in [0.15, 0.2) is 5.82 Å². The molecular formula is C15H13N5O. The fraction of sp³-hybridized carbons (Fsp3) is 0.200. The third kappa shape index (κ3) is 2.09. The zero-order valence-electron chi connectivity index (χ0n) is 11.7. The molecule has 1 aliphatic heterocycles. The largest absolute Gasteiger partial charge is 0.323 e. The van der Waals surface area contributed by atoms with Gasteiger partial charge in [-0.2, -0.15) is 10.4 Å². The van der Waals surface area contributed by atoms with Crippen molar-refractivity contribution in [3.63, 3.8) is 0 Å². The van der Waals surface area contributed by atoms with E-state index in [4.69, 9.17) is 0 Å². The molecule has 2 heterocycles. The van der Waals surface area contributed by atoms with E-state index in [-0.39, 0.29) is 12.5 Å². The number of aromatic nitrogens is 2. The topological polar surface area (TPSA) is 81.9 Å². The number of rotatable bonds is 1. The van der Waals surface area contributed by atoms with Crippen LogP contribution in [0.2, 0.25) is 0 Å². The minimum absolute atomic E-state index is 0.114. The summed E-state index contributed by atoms with van der Waals surface area (Å²) in [5, 5.41) is 20.5. The summed E-state index contributed by atoms with van der Waals surface area (Å²) in [5.41, 5.74) is 3.46. The molecule has 0 aliphatic carbocycles. The zero-order valence-corrected chi connectivity index (χ0v) is 11.7. The molecule has 0 saturated carbocycles. The van der Waals surface area contributed by atoms with Crippen molar-refractivity contribution < 1.29 is 4.79 Å². The molecular weight excluding hydrogens is 266 g/mol. The first-order chi connectivity index (χ1) is 10.1. The van der Waals surface area contributed by atoms with Crippen LogP contribution in [0.5, 0.6) is 0 Å². The molecule has 1 amide bonds. The summed E-state index contributed by atoms with van der Waals surface area (Å²) in [4.78, 5) is 13.6. The van der Waals surface area contributed by atoms with Gasteiger partial charge in [0.25, 0.3) is 0 Å². The molecule has 0 radical (unpaired) electrons. The maximum atomic E-state index is 11.9. The Kier molecular flexibility index (Phi) is 3.03. The lowest BCUT2D eigenvalue weighted by molar-refractivity contribution is -0.115. The summed E-state index contributed by atoms with van der Waals surface area (Å²) in [6.45, 7) is 3.76. The highest BCUT2D eigenvalue weighted by molar-refractivity contribution is 6.03. The van der Waals surface area contributed by atoms with Crippen LogP contribution < -0.4 is 10.2 Å². The van der Waals surface area contributed by atoms with Crippen molar-refractivity contribution in [3.05, 3.63) is 41.1 Å². The van der Waals surface area contributed by atoms with Crippen molar-refractivity contribution in [2.45, 2.75) is 13.8 Å². The van der Waals surface area contributed by atoms with E-state index < -0.39 is 0 Å². The highest BCUT2D eigenvalue weighted by atomic mass is 16.2. The average molecular weight is 279 g/mol. The molecule has 0 saturated heterocycles. The fourth-order valence-corrected chi connectivity index (χ4v) is 2.34. The third-order valence-electron chi connectivity index (χ3n) is 3.57. The van der Waals surface area contributed by atoms with Gasteiger partial charge in [-0.15, -0.1) is 5.10 Å². The number of amides is 1. The first-order valence-corrected chi connectivity index (χ1v) is 6.52. The van der Waals surface area contributed by atoms with E-state index in [1.165, 1.54) is 0 Å². The van der Waals surface area contributed by atoms with Crippen molar-refractivity contribution in [1.29, 1.82) is 5.26 Å². The number of carbonyl (C=O) groups excluding carboxylic acids is 1. The predicted octanol–water partition coefficient (Wildman–Crippen LogP) is 2.06. The van der Waals surface area contributed by atoms with Gasteiger partial charge in [-0.25, -0.2) is 0 Å². The summed E-state index contributed by atoms with van der Waals surface area (Å²) < 4.78 is 0. The van der Waals surface area contributed by atoms with Gasteiger partial charge in [-0.1, -0.05) is 12.1 Å². The van der Waals surface area contributed by atoms with Gasteiger partial charge in [0.2, 0.25) is 5.91 Å². The molecule has 1 aromatic carbocycles. The second-order valence-electron chi connectivity index (χ2n) is 4.87. The zero-order chi connectivity index (χ0) is 15.0. The van der Waals surface area contributed by atoms with Crippen LogP contribution in [-0.4, -0.2) is 22.6 Å². The number of anilines is 3. The van der Waals surface area contributed by atoms with Crippen LogP contribution in [0.25, 0.3) is 0 Å². The molecule has 2 aromatic rings. The lowest BCUT2D eigenvalue weighted by Gasteiger charge is -2.30. The number of hydrogen-bond acceptors (Lipinski definition) is 5. The summed E-state index contributed by atoms with van der Waals surface area (Å²) in [6, 6.07) is 9.60. The van der Waals surface area contributed by atoms with Crippen LogP contribution in [0.1, 0.15) is 16.8 Å². The molecule has 1 aromatic heterocycles. The average Bonchev–Trinajstić information content (AvgIpc) is 2.49. The van der Waals surface area contributed by atoms with Crippen LogP contribution >= 0.6 is 0 Å². The Hall–Kier alpha value is -2.94. The van der Waals surface area contributed by atoms with Crippen molar-refractivity contribution in [1.82, 2.24) is 10.2 Å². The van der Waals surface area contributed by atoms with Gasteiger partial charge in [0.05, 0.1) is 17.1 Å². The van der Waals surface area contributed by atoms with E-state index in [1.807, 2.05) is 38.1 Å². The van der Waals surface area contributed by atoms with E-state index in [2.05, 4.69) is 21.6 Å². The number of para-hydroxylation sites is 2. The molecule has 0 fully saturated rings. The fourth-order valence-electron chi connectivity index (χ4n) is 2.34. The van der Waals surface area contributed by atoms with Gasteiger partial charge in [0, 0.05) is 0 Å². The SMILES string of the molecule is Cc1nnc(N2CC(=O)Nc3ccccc32)c(C#N)c1C. The molecule has 1 N–H and O–H groups in total. The third-order valence-corrected chi connectivity index (χ3v) is 3.57. The summed E-state index contributed by atoms with van der Waals surface area (Å²) >= 11 is 0. The second kappa shape index (κ2) is 4.87. The molecule has 0 unspecified atom stereocenters. The molecule has 6 heteroatoms. The van der Waals surface area contributed by atoms with Gasteiger partial charge in [0.1, 0.15) is 18.2 Å². The van der Waals surface area contributed by atoms with Crippen molar-refractivity contribution in [2.75, 3.05) is 16.8 Å². The van der Waals surface area contributed by atoms with E-state index in [0.717, 1.165) is 11.3 Å². The van der Waals surface area contributed by atoms with Crippen LogP contribution in [0, 0.1) is 25.2 Å². The van der Waals surface area contributed by atoms with Gasteiger partial charge in [-0.05, 0) is 31.5 Å². The first-order valence-electron chi connectivity index (χ1n) is 6.52. The summed E-state index contributed by atoms with van der Waals surface area (Å²) in [5.74, 6) is 0.278. The number of nitriles is 1. The number of fused-ring (bicyclic) bond motifs is 1. The standard InChI is InChI=1S/C15H13N5O/c1-9-10(2)18-19-15(11(9)7-16)20-8-14(21)17-12-5-3-4-6-13(12)20/h3-6H,8H2,1-2H3,(H,17,21). The Morgan fingerprint density at radius 1 is 1.29 bits per heavy atom. The number of benzene rings is 1. The Labute approximate surface area is 122 Å². The highest BCUT2D eigenvalue weighted by Crippen LogP contribution is 2.35. The Morgan fingerprint density at radius 3 is 2.81 bits per heavy atom. The van der Waals surface area contributed by atoms with Crippen molar-refractivity contribution in [3.8, 4) is 6.07 Å². The minimum atomic E-state index is -0.141. The highest BCUT2D eigenvalue weighted by Gasteiger charge is 2.27. The molecule has 0 spiro atoms. The summed E-state index contributed by atoms with van der Waals surface area (Å²) in [7, 11) is 0. The lowest BCUT2D eigenvalue weighted by Crippen LogP contribution is -2.36. The quantitative estimate of drug-likeness (QED) is 0.864. The van der Waals surface area contributed by atoms with E-state index >= 15 is 0 Å². The monoisotopic (exact) mass is 279 g/mol. The smallest absolute Gasteiger partial charge is 0.244 e. The van der Waals surface area contributed by atoms with Crippen molar-refractivity contribution in [2.24, 2.45) is 0 Å². The number of nitrogens with zero attached hydrogens (tertiary/aromatic N) is 4. The maximum Gasteiger partial charge on any atom is 0.244 e. The van der Waals surface area contributed by atoms with E-state index in [9.17, 15) is 10.1 Å². The minimum Gasteiger partial charge on any atom is -0.323 e. The Morgan fingerprint density at radius 2 is 2.05 bits per heavy atom. The molecule has 21 heavy (non-hydrogen) atoms. The second-order valence-corrected chi connectivity index (χ2v) is 4.87. The Bertz CT molecular complexity index is 778. The Balaban J connectivity index is 2.20. The van der Waals surface area contributed by atoms with Crippen LogP contribution in [0.4, 0.5) is 17.2 Å². The van der Waals surface area contributed by atoms with Gasteiger partial charge in [-0.3, -0.25) is 4.79 Å². The molecule has 1 aliphatic rings. The number of carbonyl (C=O) groups is 1. The van der Waals surface area contributed by atoms with Crippen molar-refractivity contribution >= 4 is 23.1 Å². The lowest BCUT2D eigenvalue weighted by atomic mass is 10.1. The van der Waals surface area contributed by atoms with Gasteiger partial charge >= 0.3 is 0 Å². The molecule has 104 valence electrons. The van der Waals surface area contributed by atoms with E-state index in [1.54, 1.807) is 4.90 Å². The summed E-state index contributed by atoms with van der Waals surface area (Å²) in [6.07, 6.45) is 0. The first kappa shape index (κ1) is 13.1. The van der Waals surface area contributed by atoms with Crippen LogP contribution in [0.15, 0.2) is 24.3 Å². The molecule has 6 nitrogen and oxygen atoms in total.